The number of hydrogen-bond donors (Lipinski definition) is 2. The zero-order valence-electron chi connectivity index (χ0n) is 17.5. The van der Waals surface area contributed by atoms with Crippen molar-refractivity contribution in [3.05, 3.63) is 53.2 Å². The highest BCUT2D eigenvalue weighted by Crippen LogP contribution is 2.28. The Bertz CT molecular complexity index is 1060. The lowest BCUT2D eigenvalue weighted by Crippen LogP contribution is -2.48. The molecule has 0 saturated carbocycles. The van der Waals surface area contributed by atoms with Crippen molar-refractivity contribution in [2.24, 2.45) is 0 Å². The Balaban J connectivity index is 1.25. The van der Waals surface area contributed by atoms with Gasteiger partial charge in [-0.2, -0.15) is 0 Å². The first-order chi connectivity index (χ1) is 15.2. The molecule has 1 aliphatic rings. The number of aromatic nitrogens is 2. The fourth-order valence-electron chi connectivity index (χ4n) is 3.68. The van der Waals surface area contributed by atoms with E-state index in [0.29, 0.717) is 24.2 Å². The zero-order valence-corrected chi connectivity index (χ0v) is 18.3. The van der Waals surface area contributed by atoms with Crippen molar-refractivity contribution in [1.82, 2.24) is 25.5 Å². The number of nitrogens with zero attached hydrogens (tertiary/aromatic N) is 4. The lowest BCUT2D eigenvalue weighted by molar-refractivity contribution is 0.0947. The number of anilines is 1. The summed E-state index contributed by atoms with van der Waals surface area (Å²) in [6.45, 7) is 7.39. The predicted molar refractivity (Wildman–Crippen MR) is 123 cm³/mol. The average molecular weight is 439 g/mol. The molecule has 0 unspecified atom stereocenters. The minimum absolute atomic E-state index is 0.161. The fraction of sp³-hybridized carbons (Fsp3) is 0.364. The van der Waals surface area contributed by atoms with Gasteiger partial charge in [-0.05, 0) is 36.6 Å². The third-order valence-electron chi connectivity index (χ3n) is 5.33. The van der Waals surface area contributed by atoms with Crippen molar-refractivity contribution in [3.8, 4) is 0 Å². The topological polar surface area (TPSA) is 90.5 Å². The summed E-state index contributed by atoms with van der Waals surface area (Å²) in [4.78, 5) is 37.9. The van der Waals surface area contributed by atoms with Gasteiger partial charge in [-0.1, -0.05) is 6.07 Å². The summed E-state index contributed by atoms with van der Waals surface area (Å²) >= 11 is 1.68. The van der Waals surface area contributed by atoms with Crippen LogP contribution in [0.1, 0.15) is 27.6 Å². The number of rotatable bonds is 7. The first kappa shape index (κ1) is 21.2. The van der Waals surface area contributed by atoms with Gasteiger partial charge < -0.3 is 15.5 Å². The molecule has 2 amide bonds. The summed E-state index contributed by atoms with van der Waals surface area (Å²) < 4.78 is 1.14. The highest BCUT2D eigenvalue weighted by Gasteiger charge is 2.20. The van der Waals surface area contributed by atoms with Crippen LogP contribution in [0.3, 0.4) is 0 Å². The number of piperazine rings is 1. The van der Waals surface area contributed by atoms with Crippen LogP contribution in [0.5, 0.6) is 0 Å². The molecule has 3 heterocycles. The summed E-state index contributed by atoms with van der Waals surface area (Å²) in [7, 11) is 0. The van der Waals surface area contributed by atoms with E-state index in [9.17, 15) is 9.59 Å². The Kier molecular flexibility index (Phi) is 6.73. The predicted octanol–water partition coefficient (Wildman–Crippen LogP) is 1.99. The van der Waals surface area contributed by atoms with Crippen LogP contribution in [-0.4, -0.2) is 72.5 Å². The lowest BCUT2D eigenvalue weighted by Gasteiger charge is -2.35. The van der Waals surface area contributed by atoms with Crippen LogP contribution in [0.2, 0.25) is 0 Å². The van der Waals surface area contributed by atoms with Crippen molar-refractivity contribution in [2.45, 2.75) is 6.92 Å². The molecule has 1 aliphatic heterocycles. The Labute approximate surface area is 185 Å². The highest BCUT2D eigenvalue weighted by atomic mass is 32.1. The zero-order chi connectivity index (χ0) is 21.6. The second kappa shape index (κ2) is 9.84. The number of carbonyl (C=O) groups is 2. The molecular formula is C22H26N6O2S. The van der Waals surface area contributed by atoms with Gasteiger partial charge >= 0.3 is 0 Å². The SMILES string of the molecule is CCNC(=O)c1cccc(C(=O)NCCN2CCN(c3ncnc4ccsc34)CC2)c1. The summed E-state index contributed by atoms with van der Waals surface area (Å²) in [5.74, 6) is 0.685. The highest BCUT2D eigenvalue weighted by molar-refractivity contribution is 7.17. The summed E-state index contributed by atoms with van der Waals surface area (Å²) in [6, 6.07) is 8.82. The van der Waals surface area contributed by atoms with Crippen LogP contribution < -0.4 is 15.5 Å². The molecule has 2 N–H and O–H groups in total. The first-order valence-corrected chi connectivity index (χ1v) is 11.4. The molecule has 0 bridgehead atoms. The van der Waals surface area contributed by atoms with Gasteiger partial charge in [-0.25, -0.2) is 9.97 Å². The van der Waals surface area contributed by atoms with Crippen LogP contribution >= 0.6 is 11.3 Å². The number of nitrogens with one attached hydrogen (secondary N) is 2. The molecule has 4 rings (SSSR count). The molecule has 0 spiro atoms. The van der Waals surface area contributed by atoms with E-state index in [-0.39, 0.29) is 11.8 Å². The monoisotopic (exact) mass is 438 g/mol. The maximum absolute atomic E-state index is 12.5. The molecule has 1 fully saturated rings. The van der Waals surface area contributed by atoms with Gasteiger partial charge in [-0.15, -0.1) is 11.3 Å². The molecule has 0 atom stereocenters. The number of benzene rings is 1. The Morgan fingerprint density at radius 3 is 2.52 bits per heavy atom. The van der Waals surface area contributed by atoms with Gasteiger partial charge in [0.2, 0.25) is 0 Å². The molecule has 2 aromatic heterocycles. The molecule has 8 nitrogen and oxygen atoms in total. The molecule has 1 saturated heterocycles. The van der Waals surface area contributed by atoms with Crippen molar-refractivity contribution in [1.29, 1.82) is 0 Å². The maximum atomic E-state index is 12.5. The lowest BCUT2D eigenvalue weighted by atomic mass is 10.1. The van der Waals surface area contributed by atoms with Crippen LogP contribution in [0, 0.1) is 0 Å². The third-order valence-corrected chi connectivity index (χ3v) is 6.23. The van der Waals surface area contributed by atoms with Gasteiger partial charge in [0.25, 0.3) is 11.8 Å². The minimum atomic E-state index is -0.168. The van der Waals surface area contributed by atoms with Crippen LogP contribution in [0.15, 0.2) is 42.0 Å². The van der Waals surface area contributed by atoms with Crippen LogP contribution in [0.4, 0.5) is 5.82 Å². The molecule has 162 valence electrons. The molecule has 0 radical (unpaired) electrons. The van der Waals surface area contributed by atoms with Gasteiger partial charge in [0.1, 0.15) is 12.1 Å². The van der Waals surface area contributed by atoms with E-state index >= 15 is 0 Å². The van der Waals surface area contributed by atoms with E-state index in [4.69, 9.17) is 0 Å². The number of thiophene rings is 1. The molecule has 3 aromatic rings. The third kappa shape index (κ3) is 5.00. The van der Waals surface area contributed by atoms with E-state index in [0.717, 1.165) is 48.8 Å². The van der Waals surface area contributed by atoms with Gasteiger partial charge in [-0.3, -0.25) is 14.5 Å². The summed E-state index contributed by atoms with van der Waals surface area (Å²) in [5, 5.41) is 7.76. The summed E-state index contributed by atoms with van der Waals surface area (Å²) in [5.41, 5.74) is 1.99. The Morgan fingerprint density at radius 2 is 1.77 bits per heavy atom. The van der Waals surface area contributed by atoms with E-state index < -0.39 is 0 Å². The van der Waals surface area contributed by atoms with Crippen molar-refractivity contribution in [3.63, 3.8) is 0 Å². The number of amides is 2. The van der Waals surface area contributed by atoms with E-state index in [2.05, 4.69) is 30.4 Å². The second-order valence-corrected chi connectivity index (χ2v) is 8.27. The smallest absolute Gasteiger partial charge is 0.251 e. The van der Waals surface area contributed by atoms with Crippen molar-refractivity contribution < 1.29 is 9.59 Å². The number of hydrogen-bond acceptors (Lipinski definition) is 7. The standard InChI is InChI=1S/C22H26N6O2S/c1-2-23-21(29)16-4-3-5-17(14-16)22(30)24-7-8-27-9-11-28(12-10-27)20-19-18(6-13-31-19)25-15-26-20/h3-6,13-15H,2,7-12H2,1H3,(H,23,29)(H,24,30). The summed E-state index contributed by atoms with van der Waals surface area (Å²) in [6.07, 6.45) is 1.63. The Morgan fingerprint density at radius 1 is 1.03 bits per heavy atom. The number of carbonyl (C=O) groups excluding carboxylic acids is 2. The van der Waals surface area contributed by atoms with Crippen LogP contribution in [-0.2, 0) is 0 Å². The Hall–Kier alpha value is -3.04. The van der Waals surface area contributed by atoms with E-state index in [1.165, 1.54) is 0 Å². The fourth-order valence-corrected chi connectivity index (χ4v) is 4.54. The maximum Gasteiger partial charge on any atom is 0.251 e. The second-order valence-electron chi connectivity index (χ2n) is 7.36. The average Bonchev–Trinajstić information content (AvgIpc) is 3.29. The first-order valence-electron chi connectivity index (χ1n) is 10.5. The van der Waals surface area contributed by atoms with Gasteiger partial charge in [0, 0.05) is 56.9 Å². The van der Waals surface area contributed by atoms with Gasteiger partial charge in [0.15, 0.2) is 0 Å². The molecule has 1 aromatic carbocycles. The normalized spacial score (nSPS) is 14.5. The van der Waals surface area contributed by atoms with E-state index in [1.807, 2.05) is 18.4 Å². The van der Waals surface area contributed by atoms with Gasteiger partial charge in [0.05, 0.1) is 10.2 Å². The van der Waals surface area contributed by atoms with Crippen molar-refractivity contribution in [2.75, 3.05) is 50.7 Å². The molecule has 31 heavy (non-hydrogen) atoms. The van der Waals surface area contributed by atoms with E-state index in [1.54, 1.807) is 41.9 Å². The van der Waals surface area contributed by atoms with Crippen LogP contribution in [0.25, 0.3) is 10.2 Å². The molecular weight excluding hydrogens is 412 g/mol. The number of fused-ring (bicyclic) bond motifs is 1. The molecule has 0 aliphatic carbocycles. The largest absolute Gasteiger partial charge is 0.353 e. The molecule has 9 heteroatoms. The minimum Gasteiger partial charge on any atom is -0.353 e. The quantitative estimate of drug-likeness (QED) is 0.586. The van der Waals surface area contributed by atoms with Crippen molar-refractivity contribution >= 4 is 39.2 Å².